The Kier molecular flexibility index (Phi) is 8.67. The Morgan fingerprint density at radius 3 is 2.44 bits per heavy atom. The average Bonchev–Trinajstić information content (AvgIpc) is 3.22. The van der Waals surface area contributed by atoms with Crippen LogP contribution in [0.3, 0.4) is 0 Å². The number of nitrogens with zero attached hydrogens (tertiary/aromatic N) is 4. The van der Waals surface area contributed by atoms with E-state index in [0.717, 1.165) is 82.0 Å². The van der Waals surface area contributed by atoms with Crippen molar-refractivity contribution >= 4 is 17.6 Å². The van der Waals surface area contributed by atoms with E-state index in [4.69, 9.17) is 4.74 Å². The van der Waals surface area contributed by atoms with Gasteiger partial charge in [0.2, 0.25) is 0 Å². The number of nitrogens with one attached hydrogen (secondary N) is 2. The number of anilines is 1. The standard InChI is InChI=1S/C30H42N6O3/c1-21-26(6-4-7-27(21)39-3)30(38)33-23-18-24-9-10-25(19-23)36(24)28-11-8-22(20-32-28)29(37)31-12-5-13-35-16-14-34(2)15-17-35/h4,6-8,11,20,23-25H,5,9-10,12-19H2,1-3H3,(H,31,37)(H,33,38). The molecule has 0 aliphatic carbocycles. The van der Waals surface area contributed by atoms with Gasteiger partial charge in [0.15, 0.2) is 0 Å². The van der Waals surface area contributed by atoms with Gasteiger partial charge in [0, 0.05) is 68.2 Å². The van der Waals surface area contributed by atoms with Gasteiger partial charge in [-0.05, 0) is 76.9 Å². The van der Waals surface area contributed by atoms with Crippen molar-refractivity contribution in [3.63, 3.8) is 0 Å². The van der Waals surface area contributed by atoms with Gasteiger partial charge in [-0.3, -0.25) is 9.59 Å². The Labute approximate surface area is 231 Å². The highest BCUT2D eigenvalue weighted by Gasteiger charge is 2.42. The highest BCUT2D eigenvalue weighted by molar-refractivity contribution is 5.96. The zero-order chi connectivity index (χ0) is 27.4. The van der Waals surface area contributed by atoms with Crippen molar-refractivity contribution in [2.75, 3.05) is 58.3 Å². The van der Waals surface area contributed by atoms with Crippen molar-refractivity contribution in [3.05, 3.63) is 53.2 Å². The number of rotatable bonds is 9. The number of amides is 2. The predicted octanol–water partition coefficient (Wildman–Crippen LogP) is 2.70. The molecule has 5 rings (SSSR count). The molecule has 1 aromatic carbocycles. The number of likely N-dealkylation sites (N-methyl/N-ethyl adjacent to an activating group) is 1. The maximum atomic E-state index is 13.0. The normalized spacial score (nSPS) is 23.5. The summed E-state index contributed by atoms with van der Waals surface area (Å²) in [4.78, 5) is 37.6. The second-order valence-electron chi connectivity index (χ2n) is 11.2. The number of fused-ring (bicyclic) bond motifs is 2. The third-order valence-corrected chi connectivity index (χ3v) is 8.62. The number of hydrogen-bond donors (Lipinski definition) is 2. The Balaban J connectivity index is 1.11. The maximum absolute atomic E-state index is 13.0. The summed E-state index contributed by atoms with van der Waals surface area (Å²) in [6.07, 6.45) is 6.61. The minimum absolute atomic E-state index is 0.0405. The van der Waals surface area contributed by atoms with Crippen LogP contribution in [0.4, 0.5) is 5.82 Å². The molecule has 3 aliphatic rings. The van der Waals surface area contributed by atoms with Gasteiger partial charge in [-0.2, -0.15) is 0 Å². The lowest BCUT2D eigenvalue weighted by Gasteiger charge is -2.40. The number of carbonyl (C=O) groups excluding carboxylic acids is 2. The van der Waals surface area contributed by atoms with Gasteiger partial charge in [-0.15, -0.1) is 0 Å². The second-order valence-corrected chi connectivity index (χ2v) is 11.2. The van der Waals surface area contributed by atoms with Crippen molar-refractivity contribution in [2.24, 2.45) is 0 Å². The number of pyridine rings is 1. The largest absolute Gasteiger partial charge is 0.496 e. The number of piperazine rings is 1. The summed E-state index contributed by atoms with van der Waals surface area (Å²) in [7, 11) is 3.79. The first-order valence-corrected chi connectivity index (χ1v) is 14.3. The van der Waals surface area contributed by atoms with Crippen LogP contribution in [0.1, 0.15) is 58.4 Å². The quantitative estimate of drug-likeness (QED) is 0.478. The first-order valence-electron chi connectivity index (χ1n) is 14.3. The molecule has 9 nitrogen and oxygen atoms in total. The van der Waals surface area contributed by atoms with E-state index in [1.807, 2.05) is 37.3 Å². The van der Waals surface area contributed by atoms with Crippen LogP contribution >= 0.6 is 0 Å². The Hall–Kier alpha value is -3.17. The van der Waals surface area contributed by atoms with Crippen molar-refractivity contribution in [1.82, 2.24) is 25.4 Å². The summed E-state index contributed by atoms with van der Waals surface area (Å²) in [5.74, 6) is 1.54. The molecule has 0 radical (unpaired) electrons. The number of aromatic nitrogens is 1. The van der Waals surface area contributed by atoms with E-state index in [1.54, 1.807) is 13.3 Å². The third kappa shape index (κ3) is 6.36. The molecule has 2 unspecified atom stereocenters. The summed E-state index contributed by atoms with van der Waals surface area (Å²) in [6, 6.07) is 10.3. The van der Waals surface area contributed by atoms with Gasteiger partial charge in [0.05, 0.1) is 12.7 Å². The molecular weight excluding hydrogens is 492 g/mol. The molecule has 9 heteroatoms. The molecule has 1 aromatic heterocycles. The fourth-order valence-corrected chi connectivity index (χ4v) is 6.36. The topological polar surface area (TPSA) is 90.0 Å². The first kappa shape index (κ1) is 27.4. The van der Waals surface area contributed by atoms with Gasteiger partial charge >= 0.3 is 0 Å². The van der Waals surface area contributed by atoms with Crippen molar-refractivity contribution in [1.29, 1.82) is 0 Å². The molecular formula is C30H42N6O3. The molecule has 39 heavy (non-hydrogen) atoms. The van der Waals surface area contributed by atoms with Crippen molar-refractivity contribution in [3.8, 4) is 5.75 Å². The molecule has 2 atom stereocenters. The lowest BCUT2D eigenvalue weighted by Crippen LogP contribution is -2.50. The summed E-state index contributed by atoms with van der Waals surface area (Å²) in [6.45, 7) is 8.04. The average molecular weight is 535 g/mol. The first-order chi connectivity index (χ1) is 18.9. The smallest absolute Gasteiger partial charge is 0.252 e. The lowest BCUT2D eigenvalue weighted by atomic mass is 9.96. The van der Waals surface area contributed by atoms with E-state index in [9.17, 15) is 9.59 Å². The monoisotopic (exact) mass is 534 g/mol. The van der Waals surface area contributed by atoms with Gasteiger partial charge in [0.25, 0.3) is 11.8 Å². The minimum atomic E-state index is -0.0651. The Morgan fingerprint density at radius 2 is 1.77 bits per heavy atom. The molecule has 0 spiro atoms. The number of benzene rings is 1. The van der Waals surface area contributed by atoms with E-state index >= 15 is 0 Å². The van der Waals surface area contributed by atoms with Crippen molar-refractivity contribution < 1.29 is 14.3 Å². The molecule has 2 N–H and O–H groups in total. The highest BCUT2D eigenvalue weighted by atomic mass is 16.5. The second kappa shape index (κ2) is 12.3. The third-order valence-electron chi connectivity index (χ3n) is 8.62. The highest BCUT2D eigenvalue weighted by Crippen LogP contribution is 2.38. The SMILES string of the molecule is COc1cccc(C(=O)NC2CC3CCC(C2)N3c2ccc(C(=O)NCCCN3CCN(C)CC3)cn2)c1C. The molecule has 2 aromatic rings. The molecule has 4 heterocycles. The van der Waals surface area contributed by atoms with Crippen molar-refractivity contribution in [2.45, 2.75) is 57.2 Å². The maximum Gasteiger partial charge on any atom is 0.252 e. The molecule has 210 valence electrons. The van der Waals surface area contributed by atoms with Crippen LogP contribution in [0.2, 0.25) is 0 Å². The molecule has 3 fully saturated rings. The van der Waals surface area contributed by atoms with E-state index < -0.39 is 0 Å². The van der Waals surface area contributed by atoms with Crippen LogP contribution in [0.25, 0.3) is 0 Å². The molecule has 3 saturated heterocycles. The zero-order valence-corrected chi connectivity index (χ0v) is 23.5. The summed E-state index contributed by atoms with van der Waals surface area (Å²) < 4.78 is 5.38. The van der Waals surface area contributed by atoms with Gasteiger partial charge in [-0.25, -0.2) is 4.98 Å². The fraction of sp³-hybridized carbons (Fsp3) is 0.567. The van der Waals surface area contributed by atoms with Gasteiger partial charge in [-0.1, -0.05) is 6.07 Å². The van der Waals surface area contributed by atoms with Crippen LogP contribution in [-0.4, -0.2) is 98.1 Å². The summed E-state index contributed by atoms with van der Waals surface area (Å²) in [5, 5.41) is 6.32. The molecule has 2 bridgehead atoms. The van der Waals surface area contributed by atoms with E-state index in [-0.39, 0.29) is 17.9 Å². The van der Waals surface area contributed by atoms with E-state index in [2.05, 4.69) is 37.4 Å². The predicted molar refractivity (Wildman–Crippen MR) is 153 cm³/mol. The van der Waals surface area contributed by atoms with Crippen LogP contribution in [0.5, 0.6) is 5.75 Å². The molecule has 0 saturated carbocycles. The fourth-order valence-electron chi connectivity index (χ4n) is 6.36. The number of ether oxygens (including phenoxy) is 1. The van der Waals surface area contributed by atoms with Crippen LogP contribution < -0.4 is 20.3 Å². The lowest BCUT2D eigenvalue weighted by molar-refractivity contribution is 0.0923. The number of methoxy groups -OCH3 is 1. The van der Waals surface area contributed by atoms with E-state index in [1.165, 1.54) is 0 Å². The zero-order valence-electron chi connectivity index (χ0n) is 23.5. The Bertz CT molecular complexity index is 1130. The summed E-state index contributed by atoms with van der Waals surface area (Å²) in [5.41, 5.74) is 2.13. The summed E-state index contributed by atoms with van der Waals surface area (Å²) >= 11 is 0. The van der Waals surface area contributed by atoms with Crippen LogP contribution in [0.15, 0.2) is 36.5 Å². The van der Waals surface area contributed by atoms with Crippen LogP contribution in [-0.2, 0) is 0 Å². The number of hydrogen-bond acceptors (Lipinski definition) is 7. The number of carbonyl (C=O) groups is 2. The minimum Gasteiger partial charge on any atom is -0.496 e. The van der Waals surface area contributed by atoms with Gasteiger partial charge in [0.1, 0.15) is 11.6 Å². The van der Waals surface area contributed by atoms with E-state index in [0.29, 0.717) is 29.8 Å². The molecule has 2 amide bonds. The number of piperidine rings is 1. The molecule has 3 aliphatic heterocycles. The Morgan fingerprint density at radius 1 is 1.03 bits per heavy atom. The van der Waals surface area contributed by atoms with Gasteiger partial charge < -0.3 is 30.1 Å². The van der Waals surface area contributed by atoms with Crippen LogP contribution in [0, 0.1) is 6.92 Å².